The van der Waals surface area contributed by atoms with Crippen molar-refractivity contribution in [3.63, 3.8) is 0 Å². The summed E-state index contributed by atoms with van der Waals surface area (Å²) < 4.78 is 36.8. The van der Waals surface area contributed by atoms with E-state index in [1.807, 2.05) is 0 Å². The van der Waals surface area contributed by atoms with Crippen LogP contribution in [0.3, 0.4) is 0 Å². The van der Waals surface area contributed by atoms with Gasteiger partial charge in [-0.1, -0.05) is 0 Å². The molecule has 0 amide bonds. The molecule has 3 N–H and O–H groups in total. The van der Waals surface area contributed by atoms with Crippen LogP contribution in [-0.4, -0.2) is 43.3 Å². The van der Waals surface area contributed by atoms with Gasteiger partial charge in [-0.15, -0.1) is 0 Å². The van der Waals surface area contributed by atoms with Crippen molar-refractivity contribution >= 4 is 10.4 Å². The Kier molecular flexibility index (Phi) is 10.1. The van der Waals surface area contributed by atoms with E-state index in [0.717, 1.165) is 19.7 Å². The van der Waals surface area contributed by atoms with Gasteiger partial charge in [-0.3, -0.25) is 9.11 Å². The number of rotatable bonds is 0. The minimum Gasteiger partial charge on any atom is -1.00 e. The number of nitrogens with one attached hydrogen (secondary N) is 1. The smallest absolute Gasteiger partial charge is 1.00 e. The van der Waals surface area contributed by atoms with Crippen LogP contribution in [0.5, 0.6) is 0 Å². The van der Waals surface area contributed by atoms with Crippen molar-refractivity contribution < 1.29 is 53.2 Å². The van der Waals surface area contributed by atoms with E-state index in [2.05, 4.69) is 12.2 Å². The molecule has 0 spiro atoms. The second-order valence-corrected chi connectivity index (χ2v) is 3.23. The normalized spacial score (nSPS) is 22.2. The molecule has 1 heterocycles. The van der Waals surface area contributed by atoms with Gasteiger partial charge in [0.15, 0.2) is 0 Å². The molecule has 0 aliphatic carbocycles. The second-order valence-electron chi connectivity index (χ2n) is 2.33. The summed E-state index contributed by atoms with van der Waals surface area (Å²) in [5.74, 6) is 0. The van der Waals surface area contributed by atoms with Crippen LogP contribution in [0.4, 0.5) is 0 Å². The molecule has 0 radical (unpaired) electrons. The molecule has 1 rings (SSSR count). The van der Waals surface area contributed by atoms with Crippen molar-refractivity contribution in [1.82, 2.24) is 5.32 Å². The Labute approximate surface area is 101 Å². The van der Waals surface area contributed by atoms with E-state index in [-0.39, 0.29) is 31.0 Å². The van der Waals surface area contributed by atoms with Gasteiger partial charge in [-0.25, -0.2) is 0 Å². The third kappa shape index (κ3) is 19.3. The molecule has 76 valence electrons. The molecule has 0 bridgehead atoms. The van der Waals surface area contributed by atoms with Crippen LogP contribution in [0.1, 0.15) is 8.35 Å². The first kappa shape index (κ1) is 16.2. The molecule has 1 atom stereocenters. The summed E-state index contributed by atoms with van der Waals surface area (Å²) in [5, 5.41) is 3.21. The van der Waals surface area contributed by atoms with E-state index in [4.69, 9.17) is 22.3 Å². The van der Waals surface area contributed by atoms with Gasteiger partial charge in [0.25, 0.3) is 0 Å². The molecular weight excluding hydrogens is 209 g/mol. The first-order valence-corrected chi connectivity index (χ1v) is 4.81. The summed E-state index contributed by atoms with van der Waals surface area (Å²) in [7, 11) is -4.67. The fourth-order valence-electron chi connectivity index (χ4n) is 0.697. The summed E-state index contributed by atoms with van der Waals surface area (Å²) in [6.45, 7) is 4.98. The maximum Gasteiger partial charge on any atom is 1.00 e. The van der Waals surface area contributed by atoms with E-state index < -0.39 is 10.4 Å². The van der Waals surface area contributed by atoms with Crippen LogP contribution >= 0.6 is 0 Å². The molecule has 1 aliphatic rings. The zero-order chi connectivity index (χ0) is 9.61. The molecule has 1 fully saturated rings. The Morgan fingerprint density at radius 2 is 2.00 bits per heavy atom. The summed E-state index contributed by atoms with van der Waals surface area (Å²) in [6, 6.07) is 0. The zero-order valence-electron chi connectivity index (χ0n) is 8.73. The fraction of sp³-hybridized carbons (Fsp3) is 1.00. The number of ether oxygens (including phenoxy) is 1. The van der Waals surface area contributed by atoms with Gasteiger partial charge in [0.2, 0.25) is 0 Å². The standard InChI is InChI=1S/C5H11NO.Na.H2O4S.H/c1-5-4-6-2-3-7-5;;1-5(2,3)4;/h5-6H,2-4H2,1H3;;(H2,1,2,3,4);/q;+1;;-1. The number of hydrogen-bond acceptors (Lipinski definition) is 4. The number of hydrogen-bond donors (Lipinski definition) is 3. The Bertz CT molecular complexity index is 198. The van der Waals surface area contributed by atoms with Crippen molar-refractivity contribution in [3.8, 4) is 0 Å². The summed E-state index contributed by atoms with van der Waals surface area (Å²) in [5.41, 5.74) is 0. The van der Waals surface area contributed by atoms with Gasteiger partial charge < -0.3 is 11.5 Å². The van der Waals surface area contributed by atoms with Crippen molar-refractivity contribution in [2.75, 3.05) is 19.7 Å². The maximum absolute atomic E-state index is 8.74. The van der Waals surface area contributed by atoms with Crippen LogP contribution in [0.25, 0.3) is 0 Å². The molecule has 8 heteroatoms. The molecule has 0 aromatic heterocycles. The summed E-state index contributed by atoms with van der Waals surface area (Å²) >= 11 is 0. The van der Waals surface area contributed by atoms with Gasteiger partial charge in [0, 0.05) is 13.1 Å². The fourth-order valence-corrected chi connectivity index (χ4v) is 0.697. The van der Waals surface area contributed by atoms with Crippen molar-refractivity contribution in [2.24, 2.45) is 0 Å². The van der Waals surface area contributed by atoms with Crippen LogP contribution in [0, 0.1) is 0 Å². The van der Waals surface area contributed by atoms with Gasteiger partial charge >= 0.3 is 40.0 Å². The molecular formula is C5H14NNaO5S. The van der Waals surface area contributed by atoms with E-state index in [1.54, 1.807) is 0 Å². The van der Waals surface area contributed by atoms with Crippen molar-refractivity contribution in [3.05, 3.63) is 0 Å². The quantitative estimate of drug-likeness (QED) is 0.291. The number of morpholine rings is 1. The third-order valence-electron chi connectivity index (χ3n) is 1.11. The average Bonchev–Trinajstić information content (AvgIpc) is 1.85. The monoisotopic (exact) mass is 223 g/mol. The summed E-state index contributed by atoms with van der Waals surface area (Å²) in [6.07, 6.45) is 0.425. The van der Waals surface area contributed by atoms with Crippen LogP contribution in [0.2, 0.25) is 0 Å². The van der Waals surface area contributed by atoms with Crippen molar-refractivity contribution in [2.45, 2.75) is 13.0 Å². The SMILES string of the molecule is CC1CNCCO1.O=S(=O)(O)O.[H-].[Na+]. The van der Waals surface area contributed by atoms with Crippen molar-refractivity contribution in [1.29, 1.82) is 0 Å². The largest absolute Gasteiger partial charge is 1.00 e. The van der Waals surface area contributed by atoms with Crippen LogP contribution < -0.4 is 34.9 Å². The van der Waals surface area contributed by atoms with Gasteiger partial charge in [0.05, 0.1) is 12.7 Å². The van der Waals surface area contributed by atoms with E-state index in [1.165, 1.54) is 0 Å². The predicted octanol–water partition coefficient (Wildman–Crippen LogP) is -3.54. The molecule has 1 unspecified atom stereocenters. The minimum absolute atomic E-state index is 0. The topological polar surface area (TPSA) is 95.9 Å². The Balaban J connectivity index is -0.000000159. The third-order valence-corrected chi connectivity index (χ3v) is 1.11. The van der Waals surface area contributed by atoms with E-state index in [0.29, 0.717) is 6.10 Å². The first-order chi connectivity index (χ1) is 5.39. The first-order valence-electron chi connectivity index (χ1n) is 3.42. The molecule has 0 aromatic rings. The Morgan fingerprint density at radius 1 is 1.54 bits per heavy atom. The molecule has 0 aromatic carbocycles. The van der Waals surface area contributed by atoms with Gasteiger partial charge in [-0.2, -0.15) is 8.42 Å². The van der Waals surface area contributed by atoms with Crippen LogP contribution in [-0.2, 0) is 15.1 Å². The Hall–Kier alpha value is 0.790. The van der Waals surface area contributed by atoms with Crippen LogP contribution in [0.15, 0.2) is 0 Å². The van der Waals surface area contributed by atoms with Gasteiger partial charge in [-0.05, 0) is 6.92 Å². The van der Waals surface area contributed by atoms with Gasteiger partial charge in [0.1, 0.15) is 0 Å². The van der Waals surface area contributed by atoms with E-state index in [9.17, 15) is 0 Å². The molecule has 0 saturated carbocycles. The minimum atomic E-state index is -4.67. The molecule has 13 heavy (non-hydrogen) atoms. The molecule has 1 saturated heterocycles. The zero-order valence-corrected chi connectivity index (χ0v) is 10.5. The predicted molar refractivity (Wildman–Crippen MR) is 43.6 cm³/mol. The molecule has 1 aliphatic heterocycles. The van der Waals surface area contributed by atoms with E-state index >= 15 is 0 Å². The maximum atomic E-state index is 8.74. The second kappa shape index (κ2) is 8.13. The average molecular weight is 223 g/mol. The summed E-state index contributed by atoms with van der Waals surface area (Å²) in [4.78, 5) is 0. The molecule has 6 nitrogen and oxygen atoms in total. The Morgan fingerprint density at radius 3 is 2.15 bits per heavy atom.